The summed E-state index contributed by atoms with van der Waals surface area (Å²) in [5.74, 6) is 3.08. The van der Waals surface area contributed by atoms with E-state index in [1.165, 1.54) is 44.1 Å². The molecule has 4 fully saturated rings. The first-order valence-electron chi connectivity index (χ1n) is 9.90. The summed E-state index contributed by atoms with van der Waals surface area (Å²) in [5, 5.41) is 4.57. The van der Waals surface area contributed by atoms with Crippen molar-refractivity contribution in [2.45, 2.75) is 65.2 Å². The average Bonchev–Trinajstić information content (AvgIpc) is 2.58. The molecular weight excluding hydrogens is 308 g/mol. The van der Waals surface area contributed by atoms with Crippen LogP contribution in [-0.2, 0) is 0 Å². The Bertz CT molecular complexity index is 651. The molecule has 4 saturated carbocycles. The van der Waals surface area contributed by atoms with Gasteiger partial charge in [0, 0.05) is 16.7 Å². The highest BCUT2D eigenvalue weighted by Gasteiger charge is 2.52. The lowest BCUT2D eigenvalue weighted by molar-refractivity contribution is -0.0128. The van der Waals surface area contributed by atoms with Crippen LogP contribution in [0, 0.1) is 23.2 Å². The number of amides is 1. The summed E-state index contributed by atoms with van der Waals surface area (Å²) in [4.78, 5) is 12.4. The number of hydrogen-bond donors (Lipinski definition) is 1. The van der Waals surface area contributed by atoms with E-state index in [1.807, 2.05) is 24.3 Å². The number of nitrogens with zero attached hydrogens (tertiary/aromatic N) is 1. The molecule has 0 radical (unpaired) electrons. The Morgan fingerprint density at radius 2 is 1.56 bits per heavy atom. The summed E-state index contributed by atoms with van der Waals surface area (Å²) >= 11 is 0. The maximum Gasteiger partial charge on any atom is 0.271 e. The summed E-state index contributed by atoms with van der Waals surface area (Å²) in [6.45, 7) is 6.46. The van der Waals surface area contributed by atoms with Crippen molar-refractivity contribution in [3.8, 4) is 0 Å². The van der Waals surface area contributed by atoms with E-state index in [4.69, 9.17) is 0 Å². The van der Waals surface area contributed by atoms with E-state index < -0.39 is 0 Å². The molecule has 3 nitrogen and oxygen atoms in total. The lowest BCUT2D eigenvalue weighted by atomic mass is 9.48. The van der Waals surface area contributed by atoms with E-state index >= 15 is 0 Å². The number of carbonyl (C=O) groups is 1. The van der Waals surface area contributed by atoms with Crippen LogP contribution in [0.25, 0.3) is 0 Å². The van der Waals surface area contributed by atoms with Crippen molar-refractivity contribution in [1.82, 2.24) is 5.43 Å². The Morgan fingerprint density at radius 3 is 2.04 bits per heavy atom. The fraction of sp³-hybridized carbons (Fsp3) is 0.636. The first-order valence-corrected chi connectivity index (χ1v) is 9.90. The zero-order valence-corrected chi connectivity index (χ0v) is 15.7. The molecule has 4 aliphatic carbocycles. The van der Waals surface area contributed by atoms with Gasteiger partial charge in [-0.15, -0.1) is 0 Å². The number of carbonyl (C=O) groups excluding carboxylic acids is 1. The Hall–Kier alpha value is -1.64. The van der Waals surface area contributed by atoms with Crippen LogP contribution in [0.4, 0.5) is 0 Å². The van der Waals surface area contributed by atoms with E-state index in [0.717, 1.165) is 23.5 Å². The number of hydrazone groups is 1. The quantitative estimate of drug-likeness (QED) is 0.600. The lowest BCUT2D eigenvalue weighted by Crippen LogP contribution is -2.49. The van der Waals surface area contributed by atoms with Gasteiger partial charge in [0.2, 0.25) is 0 Å². The van der Waals surface area contributed by atoms with Crippen molar-refractivity contribution in [2.24, 2.45) is 28.3 Å². The van der Waals surface area contributed by atoms with Crippen molar-refractivity contribution in [1.29, 1.82) is 0 Å². The Labute approximate surface area is 151 Å². The van der Waals surface area contributed by atoms with Crippen LogP contribution >= 0.6 is 0 Å². The molecule has 0 aliphatic heterocycles. The zero-order chi connectivity index (χ0) is 17.6. The van der Waals surface area contributed by atoms with E-state index in [1.54, 1.807) is 0 Å². The topological polar surface area (TPSA) is 41.5 Å². The average molecular weight is 338 g/mol. The van der Waals surface area contributed by atoms with Gasteiger partial charge in [0.15, 0.2) is 0 Å². The highest BCUT2D eigenvalue weighted by atomic mass is 16.2. The fourth-order valence-electron chi connectivity index (χ4n) is 5.89. The van der Waals surface area contributed by atoms with E-state index in [-0.39, 0.29) is 11.3 Å². The van der Waals surface area contributed by atoms with Crippen LogP contribution in [-0.4, -0.2) is 11.6 Å². The van der Waals surface area contributed by atoms with Crippen molar-refractivity contribution in [3.05, 3.63) is 35.4 Å². The van der Waals surface area contributed by atoms with Gasteiger partial charge in [-0.1, -0.05) is 26.0 Å². The van der Waals surface area contributed by atoms with Crippen molar-refractivity contribution >= 4 is 11.6 Å². The fourth-order valence-corrected chi connectivity index (χ4v) is 5.89. The van der Waals surface area contributed by atoms with Gasteiger partial charge in [0.25, 0.3) is 5.91 Å². The van der Waals surface area contributed by atoms with Gasteiger partial charge in [0.1, 0.15) is 0 Å². The summed E-state index contributed by atoms with van der Waals surface area (Å²) < 4.78 is 0. The minimum Gasteiger partial charge on any atom is -0.267 e. The molecule has 0 aromatic heterocycles. The zero-order valence-electron chi connectivity index (χ0n) is 15.7. The lowest BCUT2D eigenvalue weighted by Gasteiger charge is -2.56. The Balaban J connectivity index is 1.45. The maximum atomic E-state index is 12.4. The number of rotatable bonds is 4. The van der Waals surface area contributed by atoms with Crippen LogP contribution in [0.3, 0.4) is 0 Å². The van der Waals surface area contributed by atoms with Crippen molar-refractivity contribution < 1.29 is 4.79 Å². The minimum absolute atomic E-state index is 0.0978. The van der Waals surface area contributed by atoms with Crippen LogP contribution in [0.2, 0.25) is 0 Å². The third kappa shape index (κ3) is 3.14. The van der Waals surface area contributed by atoms with Gasteiger partial charge in [-0.2, -0.15) is 5.10 Å². The molecule has 134 valence electrons. The second-order valence-corrected chi connectivity index (χ2v) is 9.11. The molecule has 4 bridgehead atoms. The number of nitrogens with one attached hydrogen (secondary N) is 1. The van der Waals surface area contributed by atoms with Crippen LogP contribution in [0.5, 0.6) is 0 Å². The van der Waals surface area contributed by atoms with Gasteiger partial charge < -0.3 is 0 Å². The van der Waals surface area contributed by atoms with E-state index in [0.29, 0.717) is 11.5 Å². The van der Waals surface area contributed by atoms with E-state index in [9.17, 15) is 4.79 Å². The molecule has 1 amide bonds. The van der Waals surface area contributed by atoms with Crippen LogP contribution in [0.1, 0.15) is 81.1 Å². The minimum atomic E-state index is -0.0978. The van der Waals surface area contributed by atoms with Gasteiger partial charge in [0.05, 0.1) is 0 Å². The third-order valence-corrected chi connectivity index (χ3v) is 6.97. The number of hydrogen-bond acceptors (Lipinski definition) is 2. The third-order valence-electron chi connectivity index (χ3n) is 6.97. The van der Waals surface area contributed by atoms with Crippen molar-refractivity contribution in [3.63, 3.8) is 0 Å². The molecule has 0 unspecified atom stereocenters. The highest BCUT2D eigenvalue weighted by molar-refractivity contribution is 5.96. The summed E-state index contributed by atoms with van der Waals surface area (Å²) in [6, 6.07) is 7.88. The molecule has 0 atom stereocenters. The molecule has 1 N–H and O–H groups in total. The molecule has 25 heavy (non-hydrogen) atoms. The molecule has 0 heterocycles. The molecule has 1 aromatic carbocycles. The smallest absolute Gasteiger partial charge is 0.267 e. The highest BCUT2D eigenvalue weighted by Crippen LogP contribution is 2.60. The van der Waals surface area contributed by atoms with Crippen LogP contribution in [0.15, 0.2) is 29.4 Å². The molecule has 1 aromatic rings. The van der Waals surface area contributed by atoms with Gasteiger partial charge in [-0.3, -0.25) is 4.79 Å². The molecule has 4 aliphatic rings. The standard InChI is InChI=1S/C22H30N2O/c1-14(2)19-4-6-20(7-5-19)21(25)24-23-15(3)22-11-16-8-17(12-22)10-18(9-16)13-22/h4-7,14,16-18H,8-13H2,1-3H3,(H,24,25). The molecule has 3 heteroatoms. The SMILES string of the molecule is CC(=NNC(=O)c1ccc(C(C)C)cc1)C12CC3CC(CC(C3)C1)C2. The largest absolute Gasteiger partial charge is 0.271 e. The van der Waals surface area contributed by atoms with Crippen LogP contribution < -0.4 is 5.43 Å². The molecule has 0 spiro atoms. The molecular formula is C22H30N2O. The van der Waals surface area contributed by atoms with E-state index in [2.05, 4.69) is 31.3 Å². The molecule has 5 rings (SSSR count). The predicted molar refractivity (Wildman–Crippen MR) is 102 cm³/mol. The van der Waals surface area contributed by atoms with Gasteiger partial charge >= 0.3 is 0 Å². The Morgan fingerprint density at radius 1 is 1.04 bits per heavy atom. The summed E-state index contributed by atoms with van der Waals surface area (Å²) in [5.41, 5.74) is 6.18. The molecule has 0 saturated heterocycles. The normalized spacial score (nSPS) is 33.8. The Kier molecular flexibility index (Phi) is 4.21. The monoisotopic (exact) mass is 338 g/mol. The second kappa shape index (κ2) is 6.26. The summed E-state index contributed by atoms with van der Waals surface area (Å²) in [7, 11) is 0. The number of benzene rings is 1. The first kappa shape index (κ1) is 16.8. The van der Waals surface area contributed by atoms with Gasteiger partial charge in [-0.05, 0) is 86.8 Å². The maximum absolute atomic E-state index is 12.4. The van der Waals surface area contributed by atoms with Gasteiger partial charge in [-0.25, -0.2) is 5.43 Å². The predicted octanol–water partition coefficient (Wildman–Crippen LogP) is 5.13. The second-order valence-electron chi connectivity index (χ2n) is 9.11. The van der Waals surface area contributed by atoms with Crippen molar-refractivity contribution in [2.75, 3.05) is 0 Å². The first-order chi connectivity index (χ1) is 11.9. The summed E-state index contributed by atoms with van der Waals surface area (Å²) in [6.07, 6.45) is 8.15.